The van der Waals surface area contributed by atoms with E-state index in [0.29, 0.717) is 0 Å². The van der Waals surface area contributed by atoms with Gasteiger partial charge in [-0.05, 0) is 37.3 Å². The Balaban J connectivity index is 2.35. The standard InChI is InChI=1S/C15H13N3/c1-2-7-15-17-12-8-3-4-9-13(12)18(15)14-10-5-6-11-16-14/h2-11H,1H3/b7-2+. The van der Waals surface area contributed by atoms with E-state index in [1.165, 1.54) is 0 Å². The average Bonchev–Trinajstić information content (AvgIpc) is 2.78. The first kappa shape index (κ1) is 10.7. The van der Waals surface area contributed by atoms with E-state index in [-0.39, 0.29) is 0 Å². The SMILES string of the molecule is C/C=C/c1nc2ccccc2n1-c1ccccn1. The molecule has 3 heteroatoms. The summed E-state index contributed by atoms with van der Waals surface area (Å²) in [5.41, 5.74) is 2.06. The number of hydrogen-bond acceptors (Lipinski definition) is 2. The van der Waals surface area contributed by atoms with Crippen molar-refractivity contribution in [2.24, 2.45) is 0 Å². The number of allylic oxidation sites excluding steroid dienone is 1. The molecule has 2 aromatic heterocycles. The summed E-state index contributed by atoms with van der Waals surface area (Å²) in [6.45, 7) is 1.99. The second-order valence-corrected chi connectivity index (χ2v) is 3.98. The largest absolute Gasteiger partial charge is 0.277 e. The van der Waals surface area contributed by atoms with Crippen molar-refractivity contribution in [2.75, 3.05) is 0 Å². The number of benzene rings is 1. The minimum atomic E-state index is 0.888. The molecule has 3 rings (SSSR count). The summed E-state index contributed by atoms with van der Waals surface area (Å²) < 4.78 is 2.06. The van der Waals surface area contributed by atoms with Crippen LogP contribution in [-0.4, -0.2) is 14.5 Å². The number of fused-ring (bicyclic) bond motifs is 1. The fourth-order valence-corrected chi connectivity index (χ4v) is 2.03. The lowest BCUT2D eigenvalue weighted by molar-refractivity contribution is 1.00. The molecule has 0 saturated heterocycles. The molecule has 0 N–H and O–H groups in total. The third-order valence-corrected chi connectivity index (χ3v) is 2.78. The van der Waals surface area contributed by atoms with Crippen LogP contribution in [-0.2, 0) is 0 Å². The van der Waals surface area contributed by atoms with Gasteiger partial charge in [0.15, 0.2) is 0 Å². The lowest BCUT2D eigenvalue weighted by Crippen LogP contribution is -1.99. The molecule has 0 unspecified atom stereocenters. The average molecular weight is 235 g/mol. The normalized spacial score (nSPS) is 11.4. The zero-order valence-electron chi connectivity index (χ0n) is 10.1. The maximum absolute atomic E-state index is 4.61. The monoisotopic (exact) mass is 235 g/mol. The van der Waals surface area contributed by atoms with Crippen LogP contribution in [0, 0.1) is 0 Å². The van der Waals surface area contributed by atoms with Gasteiger partial charge in [-0.1, -0.05) is 24.3 Å². The van der Waals surface area contributed by atoms with Gasteiger partial charge in [-0.15, -0.1) is 0 Å². The predicted octanol–water partition coefficient (Wildman–Crippen LogP) is 3.45. The van der Waals surface area contributed by atoms with Gasteiger partial charge in [-0.3, -0.25) is 4.57 Å². The molecule has 0 amide bonds. The summed E-state index contributed by atoms with van der Waals surface area (Å²) >= 11 is 0. The quantitative estimate of drug-likeness (QED) is 0.681. The molecule has 0 saturated carbocycles. The Kier molecular flexibility index (Phi) is 2.65. The Morgan fingerprint density at radius 3 is 2.67 bits per heavy atom. The topological polar surface area (TPSA) is 30.7 Å². The summed E-state index contributed by atoms with van der Waals surface area (Å²) in [4.78, 5) is 9.02. The van der Waals surface area contributed by atoms with Gasteiger partial charge in [-0.2, -0.15) is 0 Å². The summed E-state index contributed by atoms with van der Waals surface area (Å²) in [7, 11) is 0. The minimum Gasteiger partial charge on any atom is -0.277 e. The molecule has 3 nitrogen and oxygen atoms in total. The number of hydrogen-bond donors (Lipinski definition) is 0. The van der Waals surface area contributed by atoms with Crippen molar-refractivity contribution in [1.82, 2.24) is 14.5 Å². The highest BCUT2D eigenvalue weighted by atomic mass is 15.1. The van der Waals surface area contributed by atoms with Crippen molar-refractivity contribution < 1.29 is 0 Å². The van der Waals surface area contributed by atoms with Crippen molar-refractivity contribution in [1.29, 1.82) is 0 Å². The molecular formula is C15H13N3. The van der Waals surface area contributed by atoms with E-state index in [1.807, 2.05) is 55.5 Å². The third-order valence-electron chi connectivity index (χ3n) is 2.78. The van der Waals surface area contributed by atoms with E-state index < -0.39 is 0 Å². The van der Waals surface area contributed by atoms with E-state index in [2.05, 4.69) is 20.6 Å². The molecule has 0 fully saturated rings. The Morgan fingerprint density at radius 1 is 1.06 bits per heavy atom. The summed E-state index contributed by atoms with van der Waals surface area (Å²) in [6.07, 6.45) is 5.78. The van der Waals surface area contributed by atoms with Crippen LogP contribution in [0.3, 0.4) is 0 Å². The number of pyridine rings is 1. The van der Waals surface area contributed by atoms with Gasteiger partial charge >= 0.3 is 0 Å². The van der Waals surface area contributed by atoms with Crippen LogP contribution in [0.15, 0.2) is 54.7 Å². The fraction of sp³-hybridized carbons (Fsp3) is 0.0667. The highest BCUT2D eigenvalue weighted by molar-refractivity contribution is 5.79. The fourth-order valence-electron chi connectivity index (χ4n) is 2.03. The predicted molar refractivity (Wildman–Crippen MR) is 73.6 cm³/mol. The van der Waals surface area contributed by atoms with E-state index in [0.717, 1.165) is 22.7 Å². The number of nitrogens with zero attached hydrogens (tertiary/aromatic N) is 3. The van der Waals surface area contributed by atoms with Crippen molar-refractivity contribution in [2.45, 2.75) is 6.92 Å². The van der Waals surface area contributed by atoms with Gasteiger partial charge in [0.05, 0.1) is 11.0 Å². The van der Waals surface area contributed by atoms with Crippen LogP contribution in [0.1, 0.15) is 12.7 Å². The van der Waals surface area contributed by atoms with E-state index in [1.54, 1.807) is 6.20 Å². The second kappa shape index (κ2) is 4.45. The lowest BCUT2D eigenvalue weighted by atomic mass is 10.3. The Hall–Kier alpha value is -2.42. The molecule has 88 valence electrons. The molecule has 3 aromatic rings. The number of imidazole rings is 1. The Morgan fingerprint density at radius 2 is 1.89 bits per heavy atom. The number of rotatable bonds is 2. The van der Waals surface area contributed by atoms with Crippen LogP contribution in [0.5, 0.6) is 0 Å². The molecule has 1 aromatic carbocycles. The molecule has 0 spiro atoms. The first-order valence-electron chi connectivity index (χ1n) is 5.92. The van der Waals surface area contributed by atoms with Crippen LogP contribution in [0.2, 0.25) is 0 Å². The molecule has 0 bridgehead atoms. The summed E-state index contributed by atoms with van der Waals surface area (Å²) in [6, 6.07) is 14.0. The van der Waals surface area contributed by atoms with Gasteiger partial charge in [-0.25, -0.2) is 9.97 Å². The van der Waals surface area contributed by atoms with E-state index >= 15 is 0 Å². The van der Waals surface area contributed by atoms with Gasteiger partial charge in [0.1, 0.15) is 11.6 Å². The maximum Gasteiger partial charge on any atom is 0.139 e. The van der Waals surface area contributed by atoms with Gasteiger partial charge in [0.25, 0.3) is 0 Å². The van der Waals surface area contributed by atoms with Crippen LogP contribution >= 0.6 is 0 Å². The first-order valence-corrected chi connectivity index (χ1v) is 5.92. The Labute approximate surface area is 105 Å². The van der Waals surface area contributed by atoms with Crippen LogP contribution < -0.4 is 0 Å². The van der Waals surface area contributed by atoms with E-state index in [9.17, 15) is 0 Å². The zero-order valence-corrected chi connectivity index (χ0v) is 10.1. The lowest BCUT2D eigenvalue weighted by Gasteiger charge is -2.05. The molecule has 18 heavy (non-hydrogen) atoms. The third kappa shape index (κ3) is 1.70. The van der Waals surface area contributed by atoms with Crippen molar-refractivity contribution in [3.63, 3.8) is 0 Å². The zero-order chi connectivity index (χ0) is 12.4. The number of para-hydroxylation sites is 2. The van der Waals surface area contributed by atoms with Crippen molar-refractivity contribution in [3.8, 4) is 5.82 Å². The van der Waals surface area contributed by atoms with Gasteiger partial charge in [0, 0.05) is 6.20 Å². The molecule has 0 aliphatic heterocycles. The Bertz CT molecular complexity index is 696. The summed E-state index contributed by atoms with van der Waals surface area (Å²) in [5.74, 6) is 1.79. The van der Waals surface area contributed by atoms with Crippen molar-refractivity contribution >= 4 is 17.1 Å². The van der Waals surface area contributed by atoms with Gasteiger partial charge < -0.3 is 0 Å². The highest BCUT2D eigenvalue weighted by Crippen LogP contribution is 2.20. The van der Waals surface area contributed by atoms with Crippen LogP contribution in [0.25, 0.3) is 22.9 Å². The first-order chi connectivity index (χ1) is 8.90. The van der Waals surface area contributed by atoms with E-state index in [4.69, 9.17) is 0 Å². The van der Waals surface area contributed by atoms with Gasteiger partial charge in [0.2, 0.25) is 0 Å². The van der Waals surface area contributed by atoms with Crippen molar-refractivity contribution in [3.05, 3.63) is 60.6 Å². The summed E-state index contributed by atoms with van der Waals surface area (Å²) in [5, 5.41) is 0. The number of aromatic nitrogens is 3. The molecule has 2 heterocycles. The molecule has 0 aliphatic carbocycles. The molecule has 0 aliphatic rings. The minimum absolute atomic E-state index is 0.888. The maximum atomic E-state index is 4.61. The molecule has 0 atom stereocenters. The second-order valence-electron chi connectivity index (χ2n) is 3.98. The highest BCUT2D eigenvalue weighted by Gasteiger charge is 2.09. The van der Waals surface area contributed by atoms with Crippen LogP contribution in [0.4, 0.5) is 0 Å². The molecule has 0 radical (unpaired) electrons. The molecular weight excluding hydrogens is 222 g/mol. The smallest absolute Gasteiger partial charge is 0.139 e.